The van der Waals surface area contributed by atoms with Crippen LogP contribution < -0.4 is 0 Å². The minimum atomic E-state index is -0.689. The molecule has 2 atom stereocenters. The lowest BCUT2D eigenvalue weighted by Gasteiger charge is -2.22. The van der Waals surface area contributed by atoms with Crippen LogP contribution in [0.15, 0.2) is 0 Å². The smallest absolute Gasteiger partial charge is 0.438 e. The summed E-state index contributed by atoms with van der Waals surface area (Å²) in [6, 6.07) is 0. The molecule has 2 unspecified atom stereocenters. The van der Waals surface area contributed by atoms with Crippen LogP contribution in [-0.4, -0.2) is 26.2 Å². The highest BCUT2D eigenvalue weighted by Crippen LogP contribution is 2.15. The molecule has 0 saturated heterocycles. The fourth-order valence-electron chi connectivity index (χ4n) is 1.21. The van der Waals surface area contributed by atoms with Gasteiger partial charge in [0.05, 0.1) is 7.11 Å². The quantitative estimate of drug-likeness (QED) is 0.492. The minimum absolute atomic E-state index is 0.194. The van der Waals surface area contributed by atoms with E-state index < -0.39 is 12.4 Å². The molecule has 0 aliphatic rings. The number of hydrogen-bond donors (Lipinski definition) is 0. The molecule has 0 bridgehead atoms. The molecule has 0 heterocycles. The average molecular weight is 204 g/mol. The lowest BCUT2D eigenvalue weighted by atomic mass is 10.1. The Kier molecular flexibility index (Phi) is 7.20. The summed E-state index contributed by atoms with van der Waals surface area (Å²) in [6.07, 6.45) is 0.815. The fraction of sp³-hybridized carbons (Fsp3) is 0.900. The third-order valence-corrected chi connectivity index (χ3v) is 1.92. The van der Waals surface area contributed by atoms with Gasteiger partial charge >= 0.3 is 6.16 Å². The largest absolute Gasteiger partial charge is 0.510 e. The van der Waals surface area contributed by atoms with Gasteiger partial charge in [-0.2, -0.15) is 0 Å². The first-order valence-electron chi connectivity index (χ1n) is 5.01. The number of ether oxygens (including phenoxy) is 3. The Morgan fingerprint density at radius 3 is 2.43 bits per heavy atom. The molecule has 84 valence electrons. The first-order chi connectivity index (χ1) is 6.65. The normalized spacial score (nSPS) is 14.6. The van der Waals surface area contributed by atoms with Crippen molar-refractivity contribution in [3.63, 3.8) is 0 Å². The van der Waals surface area contributed by atoms with E-state index in [-0.39, 0.29) is 5.92 Å². The van der Waals surface area contributed by atoms with E-state index in [1.807, 2.05) is 13.8 Å². The molecule has 0 spiro atoms. The van der Waals surface area contributed by atoms with E-state index in [4.69, 9.17) is 9.47 Å². The zero-order valence-corrected chi connectivity index (χ0v) is 9.41. The Labute approximate surface area is 85.5 Å². The first kappa shape index (κ1) is 13.2. The Hall–Kier alpha value is -0.770. The molecule has 0 radical (unpaired) electrons. The van der Waals surface area contributed by atoms with Crippen molar-refractivity contribution in [3.05, 3.63) is 0 Å². The van der Waals surface area contributed by atoms with E-state index in [1.54, 1.807) is 0 Å². The predicted octanol–water partition coefficient (Wildman–Crippen LogP) is 2.57. The van der Waals surface area contributed by atoms with Gasteiger partial charge in [0.15, 0.2) is 0 Å². The van der Waals surface area contributed by atoms with Crippen molar-refractivity contribution in [2.75, 3.05) is 13.7 Å². The van der Waals surface area contributed by atoms with Crippen molar-refractivity contribution in [1.29, 1.82) is 0 Å². The number of methoxy groups -OCH3 is 1. The van der Waals surface area contributed by atoms with E-state index in [2.05, 4.69) is 11.7 Å². The van der Waals surface area contributed by atoms with Crippen LogP contribution in [0.1, 0.15) is 33.6 Å². The summed E-state index contributed by atoms with van der Waals surface area (Å²) in [6.45, 7) is 6.46. The Balaban J connectivity index is 4.05. The zero-order valence-electron chi connectivity index (χ0n) is 9.41. The molecule has 14 heavy (non-hydrogen) atoms. The van der Waals surface area contributed by atoms with Crippen LogP contribution in [-0.2, 0) is 14.2 Å². The average Bonchev–Trinajstić information content (AvgIpc) is 2.17. The molecule has 0 aliphatic heterocycles. The lowest BCUT2D eigenvalue weighted by Crippen LogP contribution is -2.28. The highest BCUT2D eigenvalue weighted by atomic mass is 16.8. The molecule has 0 aromatic heterocycles. The molecule has 0 rings (SSSR count). The molecule has 0 fully saturated rings. The van der Waals surface area contributed by atoms with Crippen LogP contribution in [0.25, 0.3) is 0 Å². The Bertz CT molecular complexity index is 158. The van der Waals surface area contributed by atoms with Crippen molar-refractivity contribution < 1.29 is 19.0 Å². The van der Waals surface area contributed by atoms with Crippen molar-refractivity contribution >= 4 is 6.16 Å². The minimum Gasteiger partial charge on any atom is -0.438 e. The molecule has 4 nitrogen and oxygen atoms in total. The molecule has 0 aromatic rings. The van der Waals surface area contributed by atoms with Crippen LogP contribution in [0.2, 0.25) is 0 Å². The maximum Gasteiger partial charge on any atom is 0.510 e. The standard InChI is InChI=1S/C10H20O4/c1-5-7-8(3)9(13-6-2)14-10(11)12-4/h8-9H,5-7H2,1-4H3. The molecule has 4 heteroatoms. The second-order valence-electron chi connectivity index (χ2n) is 3.16. The molecule has 0 amide bonds. The Morgan fingerprint density at radius 2 is 2.00 bits per heavy atom. The van der Waals surface area contributed by atoms with Crippen LogP contribution >= 0.6 is 0 Å². The van der Waals surface area contributed by atoms with E-state index in [0.717, 1.165) is 12.8 Å². The van der Waals surface area contributed by atoms with Gasteiger partial charge in [0.25, 0.3) is 0 Å². The number of hydrogen-bond acceptors (Lipinski definition) is 4. The number of carbonyl (C=O) groups excluding carboxylic acids is 1. The monoisotopic (exact) mass is 204 g/mol. The highest BCUT2D eigenvalue weighted by molar-refractivity contribution is 5.59. The number of carbonyl (C=O) groups is 1. The van der Waals surface area contributed by atoms with Gasteiger partial charge in [-0.3, -0.25) is 0 Å². The van der Waals surface area contributed by atoms with Crippen LogP contribution in [0, 0.1) is 5.92 Å². The molecule has 0 saturated carbocycles. The van der Waals surface area contributed by atoms with Crippen molar-refractivity contribution in [2.45, 2.75) is 39.9 Å². The molecule has 0 N–H and O–H groups in total. The first-order valence-corrected chi connectivity index (χ1v) is 5.01. The summed E-state index contributed by atoms with van der Waals surface area (Å²) in [5.74, 6) is 0.194. The highest BCUT2D eigenvalue weighted by Gasteiger charge is 2.21. The third kappa shape index (κ3) is 5.07. The number of rotatable bonds is 6. The molecular formula is C10H20O4. The van der Waals surface area contributed by atoms with Crippen molar-refractivity contribution in [2.24, 2.45) is 5.92 Å². The summed E-state index contributed by atoms with van der Waals surface area (Å²) in [5, 5.41) is 0. The van der Waals surface area contributed by atoms with Crippen LogP contribution in [0.4, 0.5) is 4.79 Å². The van der Waals surface area contributed by atoms with E-state index in [1.165, 1.54) is 7.11 Å². The van der Waals surface area contributed by atoms with E-state index >= 15 is 0 Å². The van der Waals surface area contributed by atoms with E-state index in [0.29, 0.717) is 6.61 Å². The van der Waals surface area contributed by atoms with Gasteiger partial charge in [-0.25, -0.2) is 4.79 Å². The zero-order chi connectivity index (χ0) is 11.0. The van der Waals surface area contributed by atoms with Gasteiger partial charge < -0.3 is 14.2 Å². The summed E-state index contributed by atoms with van der Waals surface area (Å²) in [7, 11) is 1.29. The Morgan fingerprint density at radius 1 is 1.36 bits per heavy atom. The fourth-order valence-corrected chi connectivity index (χ4v) is 1.21. The van der Waals surface area contributed by atoms with Gasteiger partial charge in [0.2, 0.25) is 6.29 Å². The third-order valence-electron chi connectivity index (χ3n) is 1.92. The van der Waals surface area contributed by atoms with Gasteiger partial charge in [0.1, 0.15) is 0 Å². The maximum atomic E-state index is 10.9. The predicted molar refractivity (Wildman–Crippen MR) is 53.0 cm³/mol. The van der Waals surface area contributed by atoms with Crippen LogP contribution in [0.3, 0.4) is 0 Å². The van der Waals surface area contributed by atoms with Gasteiger partial charge in [-0.05, 0) is 13.3 Å². The summed E-state index contributed by atoms with van der Waals surface area (Å²) in [5.41, 5.74) is 0. The van der Waals surface area contributed by atoms with Gasteiger partial charge in [-0.15, -0.1) is 0 Å². The van der Waals surface area contributed by atoms with Gasteiger partial charge in [0, 0.05) is 12.5 Å². The topological polar surface area (TPSA) is 44.8 Å². The molecular weight excluding hydrogens is 184 g/mol. The second kappa shape index (κ2) is 7.62. The lowest BCUT2D eigenvalue weighted by molar-refractivity contribution is -0.144. The maximum absolute atomic E-state index is 10.9. The summed E-state index contributed by atoms with van der Waals surface area (Å²) < 4.78 is 14.7. The molecule has 0 aromatic carbocycles. The van der Waals surface area contributed by atoms with E-state index in [9.17, 15) is 4.79 Å². The summed E-state index contributed by atoms with van der Waals surface area (Å²) >= 11 is 0. The van der Waals surface area contributed by atoms with Gasteiger partial charge in [-0.1, -0.05) is 20.3 Å². The molecule has 0 aliphatic carbocycles. The van der Waals surface area contributed by atoms with Crippen molar-refractivity contribution in [1.82, 2.24) is 0 Å². The summed E-state index contributed by atoms with van der Waals surface area (Å²) in [4.78, 5) is 10.9. The second-order valence-corrected chi connectivity index (χ2v) is 3.16. The SMILES string of the molecule is CCCC(C)C(OCC)OC(=O)OC. The van der Waals surface area contributed by atoms with Crippen molar-refractivity contribution in [3.8, 4) is 0 Å². The van der Waals surface area contributed by atoms with Crippen LogP contribution in [0.5, 0.6) is 0 Å².